The van der Waals surface area contributed by atoms with Crippen molar-refractivity contribution in [1.82, 2.24) is 19.8 Å². The van der Waals surface area contributed by atoms with E-state index in [0.29, 0.717) is 36.8 Å². The number of hydrogen-bond donors (Lipinski definition) is 1. The highest BCUT2D eigenvalue weighted by molar-refractivity contribution is 5.82. The summed E-state index contributed by atoms with van der Waals surface area (Å²) in [5.74, 6) is 1.80. The van der Waals surface area contributed by atoms with E-state index in [9.17, 15) is 14.4 Å². The molecule has 168 valence electrons. The van der Waals surface area contributed by atoms with E-state index >= 15 is 0 Å². The Labute approximate surface area is 183 Å². The molecule has 2 amide bonds. The first-order valence-electron chi connectivity index (χ1n) is 12.2. The smallest absolute Gasteiger partial charge is 0.256 e. The molecule has 2 aliphatic heterocycles. The summed E-state index contributed by atoms with van der Waals surface area (Å²) in [6, 6.07) is -0.131. The normalized spacial score (nSPS) is 28.9. The molecule has 3 fully saturated rings. The van der Waals surface area contributed by atoms with Crippen LogP contribution in [0.25, 0.3) is 0 Å². The van der Waals surface area contributed by atoms with Crippen LogP contribution >= 0.6 is 0 Å². The van der Waals surface area contributed by atoms with Crippen LogP contribution in [-0.2, 0) is 22.6 Å². The molecule has 31 heavy (non-hydrogen) atoms. The highest BCUT2D eigenvalue weighted by Gasteiger charge is 2.44. The fourth-order valence-electron chi connectivity index (χ4n) is 5.76. The van der Waals surface area contributed by atoms with Crippen LogP contribution in [0, 0.1) is 17.8 Å². The van der Waals surface area contributed by atoms with Crippen LogP contribution < -0.4 is 5.56 Å². The van der Waals surface area contributed by atoms with E-state index in [2.05, 4.69) is 11.9 Å². The second-order valence-electron chi connectivity index (χ2n) is 10.1. The average Bonchev–Trinajstić information content (AvgIpc) is 3.55. The lowest BCUT2D eigenvalue weighted by atomic mass is 9.88. The standard InChI is InChI=1S/C24H34N4O3/c1-15-13-17(15)24(31)28-11-6-5-9-20(28)21-25-19-10-12-27(14-18(19)22(29)26-21)23(30)16-7-3-2-4-8-16/h15-17,20H,2-14H2,1H3,(H,25,26,29)/t15-,17+,20-/m1/s1. The molecule has 5 rings (SSSR count). The Balaban J connectivity index is 1.35. The minimum atomic E-state index is -0.140. The first kappa shape index (κ1) is 20.7. The topological polar surface area (TPSA) is 86.4 Å². The lowest BCUT2D eigenvalue weighted by Gasteiger charge is -2.36. The SMILES string of the molecule is C[C@@H]1C[C@@H]1C(=O)N1CCCC[C@@H]1c1nc2c(c(=O)[nH]1)CN(C(=O)C1CCCCC1)CC2. The third-order valence-corrected chi connectivity index (χ3v) is 7.88. The van der Waals surface area contributed by atoms with Crippen LogP contribution in [0.15, 0.2) is 4.79 Å². The number of nitrogens with one attached hydrogen (secondary N) is 1. The minimum Gasteiger partial charge on any atom is -0.337 e. The number of carbonyl (C=O) groups is 2. The van der Waals surface area contributed by atoms with Crippen LogP contribution in [0.4, 0.5) is 0 Å². The summed E-state index contributed by atoms with van der Waals surface area (Å²) in [4.78, 5) is 50.6. The van der Waals surface area contributed by atoms with Gasteiger partial charge in [0.25, 0.3) is 5.56 Å². The largest absolute Gasteiger partial charge is 0.337 e. The van der Waals surface area contributed by atoms with Gasteiger partial charge in [-0.2, -0.15) is 0 Å². The van der Waals surface area contributed by atoms with Crippen molar-refractivity contribution in [2.75, 3.05) is 13.1 Å². The molecule has 2 saturated carbocycles. The van der Waals surface area contributed by atoms with Gasteiger partial charge in [-0.3, -0.25) is 14.4 Å². The number of fused-ring (bicyclic) bond motifs is 1. The molecule has 3 heterocycles. The van der Waals surface area contributed by atoms with Gasteiger partial charge in [0.05, 0.1) is 23.8 Å². The van der Waals surface area contributed by atoms with Gasteiger partial charge < -0.3 is 14.8 Å². The number of aromatic nitrogens is 2. The fourth-order valence-corrected chi connectivity index (χ4v) is 5.76. The zero-order valence-electron chi connectivity index (χ0n) is 18.6. The van der Waals surface area contributed by atoms with E-state index in [1.165, 1.54) is 6.42 Å². The zero-order chi connectivity index (χ0) is 21.5. The molecule has 0 radical (unpaired) electrons. The summed E-state index contributed by atoms with van der Waals surface area (Å²) < 4.78 is 0. The van der Waals surface area contributed by atoms with Crippen LogP contribution in [0.3, 0.4) is 0 Å². The van der Waals surface area contributed by atoms with Crippen molar-refractivity contribution < 1.29 is 9.59 Å². The van der Waals surface area contributed by atoms with Crippen LogP contribution in [0.2, 0.25) is 0 Å². The number of hydrogen-bond acceptors (Lipinski definition) is 4. The Bertz CT molecular complexity index is 920. The van der Waals surface area contributed by atoms with Gasteiger partial charge in [0.15, 0.2) is 0 Å². The maximum absolute atomic E-state index is 13.0. The molecule has 1 aromatic rings. The molecule has 0 bridgehead atoms. The molecule has 1 N–H and O–H groups in total. The second-order valence-corrected chi connectivity index (χ2v) is 10.1. The monoisotopic (exact) mass is 426 g/mol. The number of nitrogens with zero attached hydrogens (tertiary/aromatic N) is 3. The number of piperidine rings is 1. The molecule has 4 aliphatic rings. The maximum Gasteiger partial charge on any atom is 0.256 e. The number of aromatic amines is 1. The second kappa shape index (κ2) is 8.40. The van der Waals surface area contributed by atoms with E-state index in [-0.39, 0.29) is 35.3 Å². The maximum atomic E-state index is 13.0. The first-order valence-corrected chi connectivity index (χ1v) is 12.2. The number of amides is 2. The number of likely N-dealkylation sites (tertiary alicyclic amines) is 1. The van der Waals surface area contributed by atoms with Crippen molar-refractivity contribution in [3.63, 3.8) is 0 Å². The first-order chi connectivity index (χ1) is 15.0. The van der Waals surface area contributed by atoms with Crippen molar-refractivity contribution in [3.8, 4) is 0 Å². The molecule has 7 heteroatoms. The van der Waals surface area contributed by atoms with E-state index in [1.54, 1.807) is 0 Å². The van der Waals surface area contributed by atoms with Crippen molar-refractivity contribution in [2.24, 2.45) is 17.8 Å². The summed E-state index contributed by atoms with van der Waals surface area (Å²) in [7, 11) is 0. The van der Waals surface area contributed by atoms with Crippen LogP contribution in [0.5, 0.6) is 0 Å². The number of H-pyrrole nitrogens is 1. The van der Waals surface area contributed by atoms with E-state index in [4.69, 9.17) is 4.98 Å². The molecule has 0 spiro atoms. The van der Waals surface area contributed by atoms with Gasteiger partial charge in [-0.15, -0.1) is 0 Å². The fraction of sp³-hybridized carbons (Fsp3) is 0.750. The van der Waals surface area contributed by atoms with E-state index in [1.807, 2.05) is 9.80 Å². The Morgan fingerprint density at radius 2 is 1.74 bits per heavy atom. The minimum absolute atomic E-state index is 0.119. The molecule has 7 nitrogen and oxygen atoms in total. The van der Waals surface area contributed by atoms with Gasteiger partial charge in [-0.05, 0) is 44.4 Å². The quantitative estimate of drug-likeness (QED) is 0.805. The zero-order valence-corrected chi connectivity index (χ0v) is 18.6. The van der Waals surface area contributed by atoms with Gasteiger partial charge in [-0.25, -0.2) is 4.98 Å². The van der Waals surface area contributed by atoms with Crippen LogP contribution in [0.1, 0.15) is 87.8 Å². The Morgan fingerprint density at radius 3 is 2.48 bits per heavy atom. The molecule has 2 aliphatic carbocycles. The van der Waals surface area contributed by atoms with Gasteiger partial charge in [0.2, 0.25) is 11.8 Å². The molecule has 0 aromatic carbocycles. The van der Waals surface area contributed by atoms with Gasteiger partial charge in [0, 0.05) is 31.3 Å². The number of carbonyl (C=O) groups excluding carboxylic acids is 2. The molecular formula is C24H34N4O3. The van der Waals surface area contributed by atoms with Crippen molar-refractivity contribution >= 4 is 11.8 Å². The highest BCUT2D eigenvalue weighted by Crippen LogP contribution is 2.42. The summed E-state index contributed by atoms with van der Waals surface area (Å²) in [6.07, 6.45) is 9.91. The van der Waals surface area contributed by atoms with Crippen LogP contribution in [-0.4, -0.2) is 44.7 Å². The van der Waals surface area contributed by atoms with Crippen molar-refractivity contribution in [3.05, 3.63) is 27.4 Å². The highest BCUT2D eigenvalue weighted by atomic mass is 16.2. The van der Waals surface area contributed by atoms with Gasteiger partial charge >= 0.3 is 0 Å². The molecule has 0 unspecified atom stereocenters. The summed E-state index contributed by atoms with van der Waals surface area (Å²) >= 11 is 0. The van der Waals surface area contributed by atoms with Crippen molar-refractivity contribution in [2.45, 2.75) is 83.7 Å². The predicted octanol–water partition coefficient (Wildman–Crippen LogP) is 2.94. The summed E-state index contributed by atoms with van der Waals surface area (Å²) in [6.45, 7) is 3.86. The molecule has 1 saturated heterocycles. The molecular weight excluding hydrogens is 392 g/mol. The third-order valence-electron chi connectivity index (χ3n) is 7.88. The van der Waals surface area contributed by atoms with Gasteiger partial charge in [0.1, 0.15) is 5.82 Å². The third kappa shape index (κ3) is 4.03. The molecule has 1 aromatic heterocycles. The lowest BCUT2D eigenvalue weighted by Crippen LogP contribution is -2.44. The van der Waals surface area contributed by atoms with Gasteiger partial charge in [-0.1, -0.05) is 26.2 Å². The van der Waals surface area contributed by atoms with E-state index in [0.717, 1.165) is 63.6 Å². The van der Waals surface area contributed by atoms with Crippen molar-refractivity contribution in [1.29, 1.82) is 0 Å². The average molecular weight is 427 g/mol. The predicted molar refractivity (Wildman–Crippen MR) is 116 cm³/mol. The van der Waals surface area contributed by atoms with E-state index < -0.39 is 0 Å². The Hall–Kier alpha value is -2.18. The molecule has 3 atom stereocenters. The summed E-state index contributed by atoms with van der Waals surface area (Å²) in [5.41, 5.74) is 1.30. The Kier molecular flexibility index (Phi) is 5.61. The summed E-state index contributed by atoms with van der Waals surface area (Å²) in [5, 5.41) is 0. The number of rotatable bonds is 3. The Morgan fingerprint density at radius 1 is 1.00 bits per heavy atom. The lowest BCUT2D eigenvalue weighted by molar-refractivity contribution is -0.138.